The Morgan fingerprint density at radius 3 is 2.95 bits per heavy atom. The van der Waals surface area contributed by atoms with Crippen molar-refractivity contribution in [1.29, 1.82) is 0 Å². The third-order valence-electron chi connectivity index (χ3n) is 7.03. The second-order valence-electron chi connectivity index (χ2n) is 9.41. The minimum Gasteiger partial charge on any atom is -0.501 e. The monoisotopic (exact) mass is 553 g/mol. The van der Waals surface area contributed by atoms with E-state index in [4.69, 9.17) is 35.9 Å². The van der Waals surface area contributed by atoms with E-state index in [-0.39, 0.29) is 12.0 Å². The van der Waals surface area contributed by atoms with Crippen molar-refractivity contribution in [3.8, 4) is 0 Å². The van der Waals surface area contributed by atoms with E-state index in [2.05, 4.69) is 21.9 Å². The number of guanidine groups is 1. The molecule has 5 rings (SSSR count). The zero-order chi connectivity index (χ0) is 27.5. The van der Waals surface area contributed by atoms with E-state index in [9.17, 15) is 4.79 Å². The molecule has 1 N–H and O–H groups in total. The number of piperidine rings is 1. The first-order valence-corrected chi connectivity index (χ1v) is 13.2. The second kappa shape index (κ2) is 11.6. The summed E-state index contributed by atoms with van der Waals surface area (Å²) in [5, 5.41) is 9.36. The zero-order valence-corrected chi connectivity index (χ0v) is 23.1. The van der Waals surface area contributed by atoms with Gasteiger partial charge in [0.15, 0.2) is 17.0 Å². The number of pyridine rings is 1. The number of fused-ring (bicyclic) bond motifs is 3. The van der Waals surface area contributed by atoms with Gasteiger partial charge in [-0.2, -0.15) is 9.51 Å². The molecule has 1 aliphatic carbocycles. The fraction of sp³-hybridized carbons (Fsp3) is 0.444. The number of allylic oxidation sites excluding steroid dienone is 3. The summed E-state index contributed by atoms with van der Waals surface area (Å²) >= 11 is 6.80. The standard InChI is InChI=1S/C27H32ClN7O4/c1-5-23(36)34-9-6-7-17(15-34)39-10-8-22-31-26-20(19-12-18(37-3)13-21(38-4)24(19)28)11-16-14-30-27(29-2)32-25(16)35(26)33-22/h5,11,13,17H,1,6-10,12,14-15H2,2-4H3,(H,29,30). The SMILES string of the molecule is C=CC(=O)N1CCCC(OCCc2nc3c(=C4CC(OC)=CC(OC)=C4Cl)cc4c(n3n2)=NC(=NC)NC4)C1. The van der Waals surface area contributed by atoms with Crippen LogP contribution in [0.4, 0.5) is 0 Å². The first kappa shape index (κ1) is 26.9. The van der Waals surface area contributed by atoms with Gasteiger partial charge in [0.2, 0.25) is 11.9 Å². The van der Waals surface area contributed by atoms with E-state index < -0.39 is 0 Å². The molecule has 2 aliphatic heterocycles. The smallest absolute Gasteiger partial charge is 0.246 e. The lowest BCUT2D eigenvalue weighted by atomic mass is 10.0. The molecule has 2 aromatic heterocycles. The maximum absolute atomic E-state index is 12.0. The molecule has 206 valence electrons. The Balaban J connectivity index is 1.52. The van der Waals surface area contributed by atoms with E-state index in [0.717, 1.165) is 41.5 Å². The molecule has 0 spiro atoms. The number of halogens is 1. The van der Waals surface area contributed by atoms with Crippen molar-refractivity contribution in [2.75, 3.05) is 41.0 Å². The zero-order valence-electron chi connectivity index (χ0n) is 22.4. The molecule has 4 heterocycles. The predicted octanol–water partition coefficient (Wildman–Crippen LogP) is 1.36. The average Bonchev–Trinajstić information content (AvgIpc) is 3.41. The fourth-order valence-electron chi connectivity index (χ4n) is 5.01. The minimum atomic E-state index is -0.0631. The number of hydrogen-bond acceptors (Lipinski definition) is 7. The van der Waals surface area contributed by atoms with Crippen molar-refractivity contribution in [2.45, 2.75) is 38.3 Å². The molecule has 0 aromatic carbocycles. The highest BCUT2D eigenvalue weighted by atomic mass is 35.5. The van der Waals surface area contributed by atoms with E-state index in [1.165, 1.54) is 6.08 Å². The van der Waals surface area contributed by atoms with Gasteiger partial charge in [0.05, 0.1) is 32.0 Å². The minimum absolute atomic E-state index is 0.0270. The van der Waals surface area contributed by atoms with E-state index in [1.807, 2.05) is 6.07 Å². The van der Waals surface area contributed by atoms with E-state index in [0.29, 0.717) is 66.2 Å². The normalized spacial score (nSPS) is 21.7. The molecular weight excluding hydrogens is 522 g/mol. The molecule has 0 radical (unpaired) electrons. The van der Waals surface area contributed by atoms with Crippen LogP contribution in [-0.2, 0) is 32.0 Å². The molecule has 11 nitrogen and oxygen atoms in total. The predicted molar refractivity (Wildman–Crippen MR) is 146 cm³/mol. The van der Waals surface area contributed by atoms with Crippen LogP contribution >= 0.6 is 11.6 Å². The van der Waals surface area contributed by atoms with Crippen molar-refractivity contribution < 1.29 is 19.0 Å². The lowest BCUT2D eigenvalue weighted by molar-refractivity contribution is -0.130. The van der Waals surface area contributed by atoms with Gasteiger partial charge in [0, 0.05) is 56.4 Å². The number of nitrogens with one attached hydrogen (secondary N) is 1. The van der Waals surface area contributed by atoms with Crippen LogP contribution in [0.1, 0.15) is 30.7 Å². The van der Waals surface area contributed by atoms with Crippen molar-refractivity contribution in [2.24, 2.45) is 9.98 Å². The number of methoxy groups -OCH3 is 2. The van der Waals surface area contributed by atoms with Gasteiger partial charge in [-0.15, -0.1) is 5.10 Å². The average molecular weight is 554 g/mol. The van der Waals surface area contributed by atoms with E-state index in [1.54, 1.807) is 36.8 Å². The highest BCUT2D eigenvalue weighted by Gasteiger charge is 2.24. The fourth-order valence-corrected chi connectivity index (χ4v) is 5.31. The Kier molecular flexibility index (Phi) is 7.99. The summed E-state index contributed by atoms with van der Waals surface area (Å²) in [6.45, 7) is 5.84. The van der Waals surface area contributed by atoms with Crippen LogP contribution in [-0.4, -0.2) is 78.4 Å². The molecule has 1 unspecified atom stereocenters. The molecule has 1 saturated heterocycles. The molecular formula is C27H32ClN7O4. The quantitative estimate of drug-likeness (QED) is 0.515. The van der Waals surface area contributed by atoms with Crippen molar-refractivity contribution in [3.05, 3.63) is 63.4 Å². The molecule has 1 amide bonds. The number of aliphatic imine (C=N–C) groups is 1. The van der Waals surface area contributed by atoms with Gasteiger partial charge >= 0.3 is 0 Å². The number of ether oxygens (including phenoxy) is 3. The van der Waals surface area contributed by atoms with Crippen molar-refractivity contribution in [1.82, 2.24) is 24.8 Å². The number of rotatable bonds is 7. The van der Waals surface area contributed by atoms with Crippen LogP contribution in [0.5, 0.6) is 0 Å². The number of nitrogens with zero attached hydrogens (tertiary/aromatic N) is 6. The first-order chi connectivity index (χ1) is 18.9. The van der Waals surface area contributed by atoms with Crippen molar-refractivity contribution in [3.63, 3.8) is 0 Å². The lowest BCUT2D eigenvalue weighted by Gasteiger charge is -2.31. The highest BCUT2D eigenvalue weighted by molar-refractivity contribution is 6.36. The number of carbonyl (C=O) groups excluding carboxylic acids is 1. The summed E-state index contributed by atoms with van der Waals surface area (Å²) in [7, 11) is 4.89. The molecule has 1 fully saturated rings. The van der Waals surface area contributed by atoms with Crippen LogP contribution < -0.4 is 16.0 Å². The molecule has 0 saturated carbocycles. The second-order valence-corrected chi connectivity index (χ2v) is 9.79. The Bertz CT molecular complexity index is 1520. The molecule has 1 atom stereocenters. The summed E-state index contributed by atoms with van der Waals surface area (Å²) in [5.74, 6) is 2.34. The Morgan fingerprint density at radius 1 is 1.36 bits per heavy atom. The third-order valence-corrected chi connectivity index (χ3v) is 7.45. The van der Waals surface area contributed by atoms with Gasteiger partial charge in [-0.1, -0.05) is 18.2 Å². The summed E-state index contributed by atoms with van der Waals surface area (Å²) < 4.78 is 19.0. The van der Waals surface area contributed by atoms with Crippen LogP contribution in [0.2, 0.25) is 0 Å². The number of carbonyl (C=O) groups is 1. The number of aromatic nitrogens is 3. The summed E-state index contributed by atoms with van der Waals surface area (Å²) in [5.41, 5.74) is 3.08. The Hall–Kier alpha value is -3.70. The Labute approximate surface area is 231 Å². The van der Waals surface area contributed by atoms with Crippen LogP contribution in [0.15, 0.2) is 51.3 Å². The molecule has 3 aliphatic rings. The van der Waals surface area contributed by atoms with E-state index >= 15 is 0 Å². The number of amides is 1. The van der Waals surface area contributed by atoms with Crippen LogP contribution in [0.3, 0.4) is 0 Å². The maximum Gasteiger partial charge on any atom is 0.246 e. The molecule has 39 heavy (non-hydrogen) atoms. The summed E-state index contributed by atoms with van der Waals surface area (Å²) in [6, 6.07) is 2.04. The van der Waals surface area contributed by atoms with Gasteiger partial charge < -0.3 is 24.4 Å². The largest absolute Gasteiger partial charge is 0.501 e. The highest BCUT2D eigenvalue weighted by Crippen LogP contribution is 2.33. The van der Waals surface area contributed by atoms with Gasteiger partial charge in [-0.05, 0) is 30.6 Å². The number of hydrogen-bond donors (Lipinski definition) is 1. The maximum atomic E-state index is 12.0. The van der Waals surface area contributed by atoms with Gasteiger partial charge in [0.1, 0.15) is 11.5 Å². The molecule has 2 aromatic rings. The summed E-state index contributed by atoms with van der Waals surface area (Å²) in [6.07, 6.45) is 5.91. The first-order valence-electron chi connectivity index (χ1n) is 12.9. The van der Waals surface area contributed by atoms with Gasteiger partial charge in [-0.25, -0.2) is 4.98 Å². The van der Waals surface area contributed by atoms with Crippen LogP contribution in [0.25, 0.3) is 11.2 Å². The van der Waals surface area contributed by atoms with Crippen LogP contribution in [0, 0.1) is 0 Å². The Morgan fingerprint density at radius 2 is 2.21 bits per heavy atom. The molecule has 0 bridgehead atoms. The molecule has 12 heteroatoms. The van der Waals surface area contributed by atoms with Crippen molar-refractivity contribution >= 4 is 34.7 Å². The number of likely N-dealkylation sites (tertiary alicyclic amines) is 1. The van der Waals surface area contributed by atoms with Gasteiger partial charge in [0.25, 0.3) is 0 Å². The van der Waals surface area contributed by atoms with Gasteiger partial charge in [-0.3, -0.25) is 9.79 Å². The topological polar surface area (TPSA) is 115 Å². The lowest BCUT2D eigenvalue weighted by Crippen LogP contribution is -2.42. The summed E-state index contributed by atoms with van der Waals surface area (Å²) in [4.78, 5) is 27.5. The third kappa shape index (κ3) is 5.41.